The quantitative estimate of drug-likeness (QED) is 0.843. The van der Waals surface area contributed by atoms with Gasteiger partial charge in [0, 0.05) is 18.5 Å². The molecule has 1 aromatic rings. The minimum atomic E-state index is -1.19. The number of hydrogen-bond donors (Lipinski definition) is 2. The number of halogens is 1. The Labute approximate surface area is 114 Å². The van der Waals surface area contributed by atoms with Crippen molar-refractivity contribution in [1.29, 1.82) is 0 Å². The molecule has 0 aliphatic carbocycles. The van der Waals surface area contributed by atoms with Gasteiger partial charge in [-0.25, -0.2) is 9.18 Å². The number of carboxylic acid groups (broad SMARTS) is 1. The third kappa shape index (κ3) is 2.57. The van der Waals surface area contributed by atoms with Crippen LogP contribution in [0.4, 0.5) is 4.39 Å². The number of aliphatic hydroxyl groups excluding tert-OH is 1. The summed E-state index contributed by atoms with van der Waals surface area (Å²) in [6, 6.07) is 2.55. The maximum Gasteiger partial charge on any atom is 0.326 e. The lowest BCUT2D eigenvalue weighted by molar-refractivity contribution is -0.141. The summed E-state index contributed by atoms with van der Waals surface area (Å²) in [5.41, 5.74) is 0.0173. The fourth-order valence-electron chi connectivity index (χ4n) is 2.24. The third-order valence-electron chi connectivity index (χ3n) is 3.22. The van der Waals surface area contributed by atoms with Gasteiger partial charge in [0.1, 0.15) is 6.04 Å². The number of carbonyl (C=O) groups excluding carboxylic acids is 1. The predicted molar refractivity (Wildman–Crippen MR) is 66.0 cm³/mol. The number of methoxy groups -OCH3 is 1. The van der Waals surface area contributed by atoms with E-state index in [1.165, 1.54) is 19.2 Å². The lowest BCUT2D eigenvalue weighted by atomic mass is 10.1. The maximum atomic E-state index is 13.6. The lowest BCUT2D eigenvalue weighted by Crippen LogP contribution is -2.40. The number of amides is 1. The van der Waals surface area contributed by atoms with Gasteiger partial charge < -0.3 is 19.8 Å². The number of likely N-dealkylation sites (tertiary alicyclic amines) is 1. The molecule has 1 amide bonds. The maximum absolute atomic E-state index is 13.6. The van der Waals surface area contributed by atoms with Crippen LogP contribution in [0, 0.1) is 5.82 Å². The van der Waals surface area contributed by atoms with Crippen molar-refractivity contribution < 1.29 is 28.9 Å². The number of ether oxygens (including phenoxy) is 1. The molecule has 0 saturated carbocycles. The zero-order chi connectivity index (χ0) is 14.9. The Morgan fingerprint density at radius 1 is 1.45 bits per heavy atom. The molecule has 1 saturated heterocycles. The molecule has 108 valence electrons. The van der Waals surface area contributed by atoms with Crippen molar-refractivity contribution in [1.82, 2.24) is 4.90 Å². The molecule has 2 unspecified atom stereocenters. The average molecular weight is 283 g/mol. The highest BCUT2D eigenvalue weighted by molar-refractivity contribution is 5.97. The number of aliphatic hydroxyl groups is 1. The molecule has 1 aliphatic heterocycles. The van der Waals surface area contributed by atoms with Crippen molar-refractivity contribution >= 4 is 11.9 Å². The van der Waals surface area contributed by atoms with Gasteiger partial charge in [-0.2, -0.15) is 0 Å². The smallest absolute Gasteiger partial charge is 0.326 e. The first-order valence-electron chi connectivity index (χ1n) is 5.99. The van der Waals surface area contributed by atoms with Gasteiger partial charge >= 0.3 is 5.97 Å². The van der Waals surface area contributed by atoms with Gasteiger partial charge in [-0.05, 0) is 18.2 Å². The van der Waals surface area contributed by atoms with Crippen molar-refractivity contribution in [3.8, 4) is 5.75 Å². The van der Waals surface area contributed by atoms with Gasteiger partial charge in [0.2, 0.25) is 0 Å². The topological polar surface area (TPSA) is 87.1 Å². The van der Waals surface area contributed by atoms with Crippen LogP contribution in [0.15, 0.2) is 18.2 Å². The second kappa shape index (κ2) is 5.46. The fraction of sp³-hybridized carbons (Fsp3) is 0.385. The van der Waals surface area contributed by atoms with Crippen LogP contribution in [0.5, 0.6) is 5.75 Å². The van der Waals surface area contributed by atoms with Gasteiger partial charge in [-0.15, -0.1) is 0 Å². The van der Waals surface area contributed by atoms with E-state index in [1.807, 2.05) is 0 Å². The molecule has 0 radical (unpaired) electrons. The van der Waals surface area contributed by atoms with Gasteiger partial charge in [0.25, 0.3) is 5.91 Å². The van der Waals surface area contributed by atoms with Crippen LogP contribution in [0.1, 0.15) is 16.8 Å². The SMILES string of the molecule is COc1ccc(C(=O)N2CC(O)CC2C(=O)O)cc1F. The summed E-state index contributed by atoms with van der Waals surface area (Å²) in [7, 11) is 1.30. The van der Waals surface area contributed by atoms with E-state index < -0.39 is 29.8 Å². The molecule has 0 bridgehead atoms. The minimum absolute atomic E-state index is 0.00205. The Bertz CT molecular complexity index is 548. The third-order valence-corrected chi connectivity index (χ3v) is 3.22. The van der Waals surface area contributed by atoms with Crippen LogP contribution >= 0.6 is 0 Å². The normalized spacial score (nSPS) is 21.9. The van der Waals surface area contributed by atoms with E-state index in [2.05, 4.69) is 0 Å². The van der Waals surface area contributed by atoms with E-state index >= 15 is 0 Å². The number of β-amino-alcohol motifs (C(OH)–C–C–N with tert-alkyl or cyclic N) is 1. The second-order valence-electron chi connectivity index (χ2n) is 4.55. The zero-order valence-corrected chi connectivity index (χ0v) is 10.7. The molecule has 2 atom stereocenters. The van der Waals surface area contributed by atoms with Crippen molar-refractivity contribution in [2.24, 2.45) is 0 Å². The predicted octanol–water partition coefficient (Wildman–Crippen LogP) is 0.494. The van der Waals surface area contributed by atoms with E-state index in [-0.39, 0.29) is 24.3 Å². The molecule has 1 fully saturated rings. The number of rotatable bonds is 3. The van der Waals surface area contributed by atoms with E-state index in [4.69, 9.17) is 9.84 Å². The first kappa shape index (κ1) is 14.3. The van der Waals surface area contributed by atoms with Crippen molar-refractivity contribution in [3.63, 3.8) is 0 Å². The van der Waals surface area contributed by atoms with Gasteiger partial charge in [0.05, 0.1) is 13.2 Å². The number of carboxylic acids is 1. The molecule has 6 nitrogen and oxygen atoms in total. The highest BCUT2D eigenvalue weighted by atomic mass is 19.1. The standard InChI is InChI=1S/C13H14FNO5/c1-20-11-3-2-7(4-9(11)14)12(17)15-6-8(16)5-10(15)13(18)19/h2-4,8,10,16H,5-6H2,1H3,(H,18,19). The molecule has 0 spiro atoms. The van der Waals surface area contributed by atoms with Crippen LogP contribution in [-0.2, 0) is 4.79 Å². The summed E-state index contributed by atoms with van der Waals surface area (Å²) in [5, 5.41) is 18.5. The molecule has 1 heterocycles. The van der Waals surface area contributed by atoms with Crippen molar-refractivity contribution in [3.05, 3.63) is 29.6 Å². The Morgan fingerprint density at radius 3 is 2.70 bits per heavy atom. The summed E-state index contributed by atoms with van der Waals surface area (Å²) in [4.78, 5) is 24.3. The Kier molecular flexibility index (Phi) is 3.89. The van der Waals surface area contributed by atoms with Gasteiger partial charge in [-0.3, -0.25) is 4.79 Å². The highest BCUT2D eigenvalue weighted by Crippen LogP contribution is 2.23. The van der Waals surface area contributed by atoms with E-state index in [0.717, 1.165) is 11.0 Å². The van der Waals surface area contributed by atoms with E-state index in [9.17, 15) is 19.1 Å². The molecule has 1 aliphatic rings. The summed E-state index contributed by atoms with van der Waals surface area (Å²) < 4.78 is 18.3. The molecule has 20 heavy (non-hydrogen) atoms. The van der Waals surface area contributed by atoms with Gasteiger partial charge in [0.15, 0.2) is 11.6 Å². The molecule has 1 aromatic carbocycles. The van der Waals surface area contributed by atoms with Gasteiger partial charge in [-0.1, -0.05) is 0 Å². The molecular formula is C13H14FNO5. The zero-order valence-electron chi connectivity index (χ0n) is 10.7. The lowest BCUT2D eigenvalue weighted by Gasteiger charge is -2.21. The largest absolute Gasteiger partial charge is 0.494 e. The van der Waals surface area contributed by atoms with Crippen LogP contribution in [0.2, 0.25) is 0 Å². The minimum Gasteiger partial charge on any atom is -0.494 e. The number of carbonyl (C=O) groups is 2. The number of nitrogens with zero attached hydrogens (tertiary/aromatic N) is 1. The van der Waals surface area contributed by atoms with Crippen molar-refractivity contribution in [2.75, 3.05) is 13.7 Å². The summed E-state index contributed by atoms with van der Waals surface area (Å²) in [5.74, 6) is -2.53. The summed E-state index contributed by atoms with van der Waals surface area (Å²) in [6.45, 7) is -0.0799. The number of benzene rings is 1. The average Bonchev–Trinajstić information content (AvgIpc) is 2.80. The molecule has 2 N–H and O–H groups in total. The van der Waals surface area contributed by atoms with E-state index in [0.29, 0.717) is 0 Å². The first-order chi connectivity index (χ1) is 9.43. The van der Waals surface area contributed by atoms with Crippen LogP contribution in [0.25, 0.3) is 0 Å². The monoisotopic (exact) mass is 283 g/mol. The first-order valence-corrected chi connectivity index (χ1v) is 5.99. The summed E-state index contributed by atoms with van der Waals surface area (Å²) in [6.07, 6.45) is -0.914. The number of aliphatic carboxylic acids is 1. The van der Waals surface area contributed by atoms with Crippen LogP contribution in [-0.4, -0.2) is 52.8 Å². The molecule has 2 rings (SSSR count). The Morgan fingerprint density at radius 2 is 2.15 bits per heavy atom. The Balaban J connectivity index is 2.26. The van der Waals surface area contributed by atoms with Crippen molar-refractivity contribution in [2.45, 2.75) is 18.6 Å². The van der Waals surface area contributed by atoms with E-state index in [1.54, 1.807) is 0 Å². The Hall–Kier alpha value is -2.15. The molecule has 0 aromatic heterocycles. The van der Waals surface area contributed by atoms with Crippen LogP contribution in [0.3, 0.4) is 0 Å². The molecular weight excluding hydrogens is 269 g/mol. The highest BCUT2D eigenvalue weighted by Gasteiger charge is 2.39. The molecule has 7 heteroatoms. The summed E-state index contributed by atoms with van der Waals surface area (Å²) >= 11 is 0. The fourth-order valence-corrected chi connectivity index (χ4v) is 2.24. The second-order valence-corrected chi connectivity index (χ2v) is 4.55. The van der Waals surface area contributed by atoms with Crippen LogP contribution < -0.4 is 4.74 Å². The number of hydrogen-bond acceptors (Lipinski definition) is 4.